The molecule has 0 aromatic carbocycles. The molecule has 1 aliphatic rings. The molecule has 1 amide bonds. The third kappa shape index (κ3) is 1.93. The number of carbonyl (C=O) groups is 1. The van der Waals surface area contributed by atoms with Crippen LogP contribution in [0.5, 0.6) is 0 Å². The van der Waals surface area contributed by atoms with Crippen LogP contribution in [0.2, 0.25) is 5.15 Å². The topological polar surface area (TPSA) is 72.3 Å². The third-order valence-corrected chi connectivity index (χ3v) is 4.93. The van der Waals surface area contributed by atoms with Gasteiger partial charge in [-0.3, -0.25) is 4.79 Å². The van der Waals surface area contributed by atoms with E-state index in [4.69, 9.17) is 11.6 Å². The molecular formula is C9H12ClN3O3S. The smallest absolute Gasteiger partial charge is 0.287 e. The van der Waals surface area contributed by atoms with Crippen LogP contribution in [0.15, 0.2) is 11.4 Å². The van der Waals surface area contributed by atoms with Crippen LogP contribution in [0.1, 0.15) is 13.3 Å². The lowest BCUT2D eigenvalue weighted by Crippen LogP contribution is -2.32. The molecule has 0 saturated carbocycles. The van der Waals surface area contributed by atoms with Crippen LogP contribution < -0.4 is 0 Å². The van der Waals surface area contributed by atoms with Gasteiger partial charge in [-0.15, -0.1) is 0 Å². The van der Waals surface area contributed by atoms with Crippen LogP contribution in [0.4, 0.5) is 0 Å². The van der Waals surface area contributed by atoms with Gasteiger partial charge in [-0.25, -0.2) is 9.29 Å². The number of sulfonamides is 1. The predicted octanol–water partition coefficient (Wildman–Crippen LogP) is 0.631. The Labute approximate surface area is 104 Å². The third-order valence-electron chi connectivity index (χ3n) is 2.65. The van der Waals surface area contributed by atoms with Crippen molar-refractivity contribution in [1.82, 2.24) is 13.9 Å². The Morgan fingerprint density at radius 2 is 2.18 bits per heavy atom. The maximum atomic E-state index is 12.2. The van der Waals surface area contributed by atoms with Crippen molar-refractivity contribution < 1.29 is 13.2 Å². The Morgan fingerprint density at radius 1 is 1.53 bits per heavy atom. The molecule has 0 spiro atoms. The monoisotopic (exact) mass is 277 g/mol. The summed E-state index contributed by atoms with van der Waals surface area (Å²) < 4.78 is 26.6. The van der Waals surface area contributed by atoms with Gasteiger partial charge in [0.05, 0.1) is 6.33 Å². The largest absolute Gasteiger partial charge is 0.324 e. The van der Waals surface area contributed by atoms with Gasteiger partial charge in [0.25, 0.3) is 10.0 Å². The lowest BCUT2D eigenvalue weighted by atomic mass is 10.2. The van der Waals surface area contributed by atoms with Crippen LogP contribution in [0.3, 0.4) is 0 Å². The molecule has 1 aliphatic heterocycles. The zero-order chi connectivity index (χ0) is 12.8. The molecule has 94 valence electrons. The van der Waals surface area contributed by atoms with Crippen molar-refractivity contribution in [1.29, 1.82) is 0 Å². The number of nitrogens with zero attached hydrogens (tertiary/aromatic N) is 3. The van der Waals surface area contributed by atoms with Gasteiger partial charge < -0.3 is 4.57 Å². The molecular weight excluding hydrogens is 266 g/mol. The molecule has 8 heteroatoms. The average Bonchev–Trinajstić information content (AvgIpc) is 2.72. The van der Waals surface area contributed by atoms with E-state index >= 15 is 0 Å². The highest BCUT2D eigenvalue weighted by Gasteiger charge is 2.39. The lowest BCUT2D eigenvalue weighted by molar-refractivity contribution is -0.123. The first-order valence-corrected chi connectivity index (χ1v) is 6.88. The van der Waals surface area contributed by atoms with Crippen molar-refractivity contribution in [3.8, 4) is 0 Å². The molecule has 1 atom stereocenters. The zero-order valence-corrected chi connectivity index (χ0v) is 11.0. The molecule has 1 fully saturated rings. The predicted molar refractivity (Wildman–Crippen MR) is 60.9 cm³/mol. The van der Waals surface area contributed by atoms with Gasteiger partial charge in [0.15, 0.2) is 0 Å². The second-order valence-corrected chi connectivity index (χ2v) is 6.33. The Morgan fingerprint density at radius 3 is 2.59 bits per heavy atom. The molecule has 1 unspecified atom stereocenters. The summed E-state index contributed by atoms with van der Waals surface area (Å²) in [6.07, 6.45) is 1.54. The molecule has 1 saturated heterocycles. The molecule has 2 heterocycles. The highest BCUT2D eigenvalue weighted by molar-refractivity contribution is 7.89. The lowest BCUT2D eigenvalue weighted by Gasteiger charge is -2.14. The number of hydrogen-bond acceptors (Lipinski definition) is 4. The molecule has 0 radical (unpaired) electrons. The molecule has 1 aromatic heterocycles. The van der Waals surface area contributed by atoms with E-state index in [1.165, 1.54) is 10.9 Å². The van der Waals surface area contributed by atoms with E-state index in [0.717, 1.165) is 4.31 Å². The molecule has 0 aliphatic carbocycles. The van der Waals surface area contributed by atoms with Crippen molar-refractivity contribution in [2.24, 2.45) is 13.0 Å². The summed E-state index contributed by atoms with van der Waals surface area (Å²) in [5.74, 6) is -0.376. The summed E-state index contributed by atoms with van der Waals surface area (Å²) in [7, 11) is -2.32. The summed E-state index contributed by atoms with van der Waals surface area (Å²) in [4.78, 5) is 15.3. The van der Waals surface area contributed by atoms with Gasteiger partial charge in [-0.05, 0) is 5.92 Å². The normalized spacial score (nSPS) is 21.2. The van der Waals surface area contributed by atoms with Gasteiger partial charge in [0, 0.05) is 20.0 Å². The van der Waals surface area contributed by atoms with Gasteiger partial charge in [0.1, 0.15) is 5.15 Å². The number of imidazole rings is 1. The highest BCUT2D eigenvalue weighted by Crippen LogP contribution is 2.27. The minimum Gasteiger partial charge on any atom is -0.324 e. The van der Waals surface area contributed by atoms with E-state index in [0.29, 0.717) is 0 Å². The number of aryl methyl sites for hydroxylation is 1. The first kappa shape index (κ1) is 12.4. The van der Waals surface area contributed by atoms with Crippen LogP contribution >= 0.6 is 11.6 Å². The minimum atomic E-state index is -3.91. The zero-order valence-electron chi connectivity index (χ0n) is 9.42. The molecule has 2 rings (SSSR count). The minimum absolute atomic E-state index is 0.0114. The Kier molecular flexibility index (Phi) is 2.90. The van der Waals surface area contributed by atoms with Crippen LogP contribution in [0.25, 0.3) is 0 Å². The summed E-state index contributed by atoms with van der Waals surface area (Å²) in [6, 6.07) is 0. The standard InChI is InChI=1S/C9H12ClN3O3S/c1-6-3-7(14)13(4-6)17(15,16)9-8(10)12(2)5-11-9/h5-6H,3-4H2,1-2H3. The van der Waals surface area contributed by atoms with Gasteiger partial charge in [-0.2, -0.15) is 8.42 Å². The Hall–Kier alpha value is -1.08. The first-order valence-electron chi connectivity index (χ1n) is 5.06. The fourth-order valence-electron chi connectivity index (χ4n) is 1.75. The van der Waals surface area contributed by atoms with Crippen LogP contribution in [-0.2, 0) is 21.9 Å². The molecule has 17 heavy (non-hydrogen) atoms. The quantitative estimate of drug-likeness (QED) is 0.795. The molecule has 6 nitrogen and oxygen atoms in total. The van der Waals surface area contributed by atoms with Gasteiger partial charge >= 0.3 is 0 Å². The second-order valence-electron chi connectivity index (χ2n) is 4.19. The second kappa shape index (κ2) is 3.99. The summed E-state index contributed by atoms with van der Waals surface area (Å²) in [5, 5.41) is -0.249. The fourth-order valence-corrected chi connectivity index (χ4v) is 3.68. The summed E-state index contributed by atoms with van der Waals surface area (Å²) in [5.41, 5.74) is 0. The summed E-state index contributed by atoms with van der Waals surface area (Å²) >= 11 is 5.84. The van der Waals surface area contributed by atoms with Crippen molar-refractivity contribution in [3.05, 3.63) is 11.5 Å². The van der Waals surface area contributed by atoms with E-state index < -0.39 is 15.9 Å². The van der Waals surface area contributed by atoms with E-state index in [-0.39, 0.29) is 29.1 Å². The number of aromatic nitrogens is 2. The number of hydrogen-bond donors (Lipinski definition) is 0. The van der Waals surface area contributed by atoms with Gasteiger partial charge in [-0.1, -0.05) is 18.5 Å². The first-order chi connectivity index (χ1) is 7.84. The van der Waals surface area contributed by atoms with E-state index in [2.05, 4.69) is 4.98 Å². The SMILES string of the molecule is CC1CC(=O)N(S(=O)(=O)c2ncn(C)c2Cl)C1. The average molecular weight is 278 g/mol. The van der Waals surface area contributed by atoms with Crippen LogP contribution in [0, 0.1) is 5.92 Å². The number of amides is 1. The maximum Gasteiger partial charge on any atom is 0.287 e. The van der Waals surface area contributed by atoms with Crippen LogP contribution in [-0.4, -0.2) is 34.7 Å². The van der Waals surface area contributed by atoms with Gasteiger partial charge in [0.2, 0.25) is 10.9 Å². The highest BCUT2D eigenvalue weighted by atomic mass is 35.5. The molecule has 0 bridgehead atoms. The number of rotatable bonds is 2. The number of halogens is 1. The van der Waals surface area contributed by atoms with Crippen molar-refractivity contribution in [2.75, 3.05) is 6.54 Å². The number of carbonyl (C=O) groups excluding carboxylic acids is 1. The van der Waals surface area contributed by atoms with E-state index in [1.54, 1.807) is 7.05 Å². The van der Waals surface area contributed by atoms with E-state index in [9.17, 15) is 13.2 Å². The molecule has 0 N–H and O–H groups in total. The fraction of sp³-hybridized carbons (Fsp3) is 0.556. The Balaban J connectivity index is 2.44. The molecule has 1 aromatic rings. The maximum absolute atomic E-state index is 12.2. The Bertz CT molecular complexity index is 566. The van der Waals surface area contributed by atoms with Crippen molar-refractivity contribution >= 4 is 27.5 Å². The van der Waals surface area contributed by atoms with E-state index in [1.807, 2.05) is 6.92 Å². The van der Waals surface area contributed by atoms with Crippen molar-refractivity contribution in [2.45, 2.75) is 18.4 Å². The van der Waals surface area contributed by atoms with Crippen molar-refractivity contribution in [3.63, 3.8) is 0 Å². The summed E-state index contributed by atoms with van der Waals surface area (Å²) in [6.45, 7) is 2.02.